The van der Waals surface area contributed by atoms with E-state index >= 15 is 0 Å². The van der Waals surface area contributed by atoms with Crippen molar-refractivity contribution in [3.8, 4) is 0 Å². The Morgan fingerprint density at radius 1 is 1.24 bits per heavy atom. The molecule has 0 radical (unpaired) electrons. The molecule has 2 amide bonds. The summed E-state index contributed by atoms with van der Waals surface area (Å²) in [5, 5.41) is 5.01. The number of anilines is 1. The Morgan fingerprint density at radius 2 is 1.88 bits per heavy atom. The van der Waals surface area contributed by atoms with Gasteiger partial charge in [-0.2, -0.15) is 0 Å². The third kappa shape index (κ3) is 4.51. The van der Waals surface area contributed by atoms with Gasteiger partial charge in [-0.25, -0.2) is 0 Å². The molecule has 0 spiro atoms. The van der Waals surface area contributed by atoms with Gasteiger partial charge in [0.15, 0.2) is 0 Å². The van der Waals surface area contributed by atoms with Crippen LogP contribution in [0.25, 0.3) is 0 Å². The summed E-state index contributed by atoms with van der Waals surface area (Å²) in [4.78, 5) is 22.8. The minimum Gasteiger partial charge on any atom is -0.348 e. The predicted octanol–water partition coefficient (Wildman–Crippen LogP) is 1.63. The van der Waals surface area contributed by atoms with E-state index in [1.54, 1.807) is 18.2 Å². The standard InChI is InChI=1S/C13H16N2O2/c1-3-4-9-14-12(16)13(17)15-11-7-5-10(2)6-8-11/h3,5-8H,1,4,9H2,2H3,(H,14,16)(H,15,17). The quantitative estimate of drug-likeness (QED) is 0.471. The fourth-order valence-electron chi connectivity index (χ4n) is 1.19. The van der Waals surface area contributed by atoms with Gasteiger partial charge in [-0.05, 0) is 25.5 Å². The number of rotatable bonds is 4. The Labute approximate surface area is 101 Å². The number of aryl methyl sites for hydroxylation is 1. The second-order valence-electron chi connectivity index (χ2n) is 3.65. The molecule has 0 bridgehead atoms. The summed E-state index contributed by atoms with van der Waals surface area (Å²) in [5.41, 5.74) is 1.71. The molecule has 4 heteroatoms. The number of hydrogen-bond donors (Lipinski definition) is 2. The lowest BCUT2D eigenvalue weighted by atomic mass is 10.2. The second-order valence-corrected chi connectivity index (χ2v) is 3.65. The smallest absolute Gasteiger partial charge is 0.313 e. The lowest BCUT2D eigenvalue weighted by Gasteiger charge is -2.05. The molecule has 4 nitrogen and oxygen atoms in total. The van der Waals surface area contributed by atoms with Crippen LogP contribution in [-0.4, -0.2) is 18.4 Å². The van der Waals surface area contributed by atoms with Gasteiger partial charge in [-0.1, -0.05) is 23.8 Å². The van der Waals surface area contributed by atoms with Crippen molar-refractivity contribution in [1.29, 1.82) is 0 Å². The van der Waals surface area contributed by atoms with Crippen LogP contribution >= 0.6 is 0 Å². The average Bonchev–Trinajstić information content (AvgIpc) is 2.32. The van der Waals surface area contributed by atoms with Crippen LogP contribution < -0.4 is 10.6 Å². The molecule has 90 valence electrons. The van der Waals surface area contributed by atoms with Crippen LogP contribution in [0.1, 0.15) is 12.0 Å². The highest BCUT2D eigenvalue weighted by Gasteiger charge is 2.12. The fraction of sp³-hybridized carbons (Fsp3) is 0.231. The maximum Gasteiger partial charge on any atom is 0.313 e. The molecule has 0 saturated heterocycles. The summed E-state index contributed by atoms with van der Waals surface area (Å²) in [5.74, 6) is -1.29. The minimum atomic E-state index is -0.655. The number of carbonyl (C=O) groups excluding carboxylic acids is 2. The van der Waals surface area contributed by atoms with Gasteiger partial charge in [0.05, 0.1) is 0 Å². The maximum absolute atomic E-state index is 11.4. The van der Waals surface area contributed by atoms with Gasteiger partial charge in [0, 0.05) is 12.2 Å². The van der Waals surface area contributed by atoms with Crippen LogP contribution in [0.15, 0.2) is 36.9 Å². The number of hydrogen-bond acceptors (Lipinski definition) is 2. The van der Waals surface area contributed by atoms with E-state index in [1.807, 2.05) is 19.1 Å². The van der Waals surface area contributed by atoms with Gasteiger partial charge >= 0.3 is 11.8 Å². The molecule has 1 aromatic rings. The highest BCUT2D eigenvalue weighted by atomic mass is 16.2. The third-order valence-corrected chi connectivity index (χ3v) is 2.15. The van der Waals surface area contributed by atoms with Gasteiger partial charge in [-0.3, -0.25) is 9.59 Å². The Balaban J connectivity index is 2.45. The summed E-state index contributed by atoms with van der Waals surface area (Å²) < 4.78 is 0. The molecular formula is C13H16N2O2. The highest BCUT2D eigenvalue weighted by molar-refractivity contribution is 6.39. The van der Waals surface area contributed by atoms with Crippen molar-refractivity contribution in [2.24, 2.45) is 0 Å². The van der Waals surface area contributed by atoms with Crippen LogP contribution in [0.4, 0.5) is 5.69 Å². The molecule has 2 N–H and O–H groups in total. The normalized spacial score (nSPS) is 9.47. The molecule has 0 aliphatic heterocycles. The maximum atomic E-state index is 11.4. The van der Waals surface area contributed by atoms with Gasteiger partial charge in [0.25, 0.3) is 0 Å². The number of carbonyl (C=O) groups is 2. The van der Waals surface area contributed by atoms with Crippen molar-refractivity contribution in [2.75, 3.05) is 11.9 Å². The summed E-state index contributed by atoms with van der Waals surface area (Å²) in [6.45, 7) is 5.90. The van der Waals surface area contributed by atoms with Gasteiger partial charge < -0.3 is 10.6 Å². The van der Waals surface area contributed by atoms with Crippen molar-refractivity contribution in [2.45, 2.75) is 13.3 Å². The zero-order valence-electron chi connectivity index (χ0n) is 9.82. The van der Waals surface area contributed by atoms with E-state index in [-0.39, 0.29) is 0 Å². The Hall–Kier alpha value is -2.10. The lowest BCUT2D eigenvalue weighted by Crippen LogP contribution is -2.35. The second kappa shape index (κ2) is 6.48. The van der Waals surface area contributed by atoms with Crippen molar-refractivity contribution in [3.05, 3.63) is 42.5 Å². The molecule has 0 unspecified atom stereocenters. The van der Waals surface area contributed by atoms with Gasteiger partial charge in [0.1, 0.15) is 0 Å². The molecule has 0 aromatic heterocycles. The van der Waals surface area contributed by atoms with Crippen LogP contribution in [0.3, 0.4) is 0 Å². The molecule has 0 atom stereocenters. The molecule has 0 heterocycles. The van der Waals surface area contributed by atoms with Gasteiger partial charge in [0.2, 0.25) is 0 Å². The van der Waals surface area contributed by atoms with Crippen LogP contribution in [0.5, 0.6) is 0 Å². The third-order valence-electron chi connectivity index (χ3n) is 2.15. The molecule has 1 rings (SSSR count). The topological polar surface area (TPSA) is 58.2 Å². The lowest BCUT2D eigenvalue weighted by molar-refractivity contribution is -0.136. The fourth-order valence-corrected chi connectivity index (χ4v) is 1.19. The first-order chi connectivity index (χ1) is 8.13. The first-order valence-electron chi connectivity index (χ1n) is 5.40. The first kappa shape index (κ1) is 13.0. The van der Waals surface area contributed by atoms with Crippen LogP contribution in [0.2, 0.25) is 0 Å². The summed E-state index contributed by atoms with van der Waals surface area (Å²) in [6, 6.07) is 7.24. The largest absolute Gasteiger partial charge is 0.348 e. The van der Waals surface area contributed by atoms with E-state index in [0.717, 1.165) is 5.56 Å². The molecule has 0 aliphatic carbocycles. The highest BCUT2D eigenvalue weighted by Crippen LogP contribution is 2.07. The Morgan fingerprint density at radius 3 is 2.47 bits per heavy atom. The van der Waals surface area contributed by atoms with Crippen LogP contribution in [0, 0.1) is 6.92 Å². The van der Waals surface area contributed by atoms with Crippen LogP contribution in [-0.2, 0) is 9.59 Å². The average molecular weight is 232 g/mol. The SMILES string of the molecule is C=CCCNC(=O)C(=O)Nc1ccc(C)cc1. The van der Waals surface area contributed by atoms with E-state index in [1.165, 1.54) is 0 Å². The number of benzene rings is 1. The van der Waals surface area contributed by atoms with E-state index in [2.05, 4.69) is 17.2 Å². The van der Waals surface area contributed by atoms with Crippen molar-refractivity contribution in [1.82, 2.24) is 5.32 Å². The van der Waals surface area contributed by atoms with Crippen molar-refractivity contribution < 1.29 is 9.59 Å². The Bertz CT molecular complexity index is 410. The number of nitrogens with one attached hydrogen (secondary N) is 2. The number of amides is 2. The zero-order valence-corrected chi connectivity index (χ0v) is 9.82. The van der Waals surface area contributed by atoms with E-state index in [0.29, 0.717) is 18.7 Å². The monoisotopic (exact) mass is 232 g/mol. The molecule has 0 aliphatic rings. The summed E-state index contributed by atoms with van der Waals surface area (Å²) >= 11 is 0. The molecule has 17 heavy (non-hydrogen) atoms. The van der Waals surface area contributed by atoms with Crippen molar-refractivity contribution in [3.63, 3.8) is 0 Å². The van der Waals surface area contributed by atoms with Gasteiger partial charge in [-0.15, -0.1) is 6.58 Å². The van der Waals surface area contributed by atoms with Crippen molar-refractivity contribution >= 4 is 17.5 Å². The Kier molecular flexibility index (Phi) is 4.94. The predicted molar refractivity (Wildman–Crippen MR) is 67.6 cm³/mol. The van der Waals surface area contributed by atoms with E-state index in [4.69, 9.17) is 0 Å². The summed E-state index contributed by atoms with van der Waals surface area (Å²) in [6.07, 6.45) is 2.32. The molecule has 0 saturated carbocycles. The van der Waals surface area contributed by atoms with E-state index in [9.17, 15) is 9.59 Å². The molecule has 1 aromatic carbocycles. The minimum absolute atomic E-state index is 0.420. The first-order valence-corrected chi connectivity index (χ1v) is 5.40. The summed E-state index contributed by atoms with van der Waals surface area (Å²) in [7, 11) is 0. The zero-order chi connectivity index (χ0) is 12.7. The molecular weight excluding hydrogens is 216 g/mol. The van der Waals surface area contributed by atoms with E-state index < -0.39 is 11.8 Å². The molecule has 0 fully saturated rings.